The molecule has 1 aliphatic carbocycles. The number of rotatable bonds is 3. The molecule has 2 unspecified atom stereocenters. The minimum atomic E-state index is -0.131. The van der Waals surface area contributed by atoms with Gasteiger partial charge in [0, 0.05) is 25.2 Å². The lowest BCUT2D eigenvalue weighted by molar-refractivity contribution is 0.0669. The third-order valence-corrected chi connectivity index (χ3v) is 4.60. The Morgan fingerprint density at radius 2 is 2.11 bits per heavy atom. The molecule has 0 spiro atoms. The Balaban J connectivity index is 1.63. The predicted molar refractivity (Wildman–Crippen MR) is 75.4 cm³/mol. The first-order valence-corrected chi connectivity index (χ1v) is 7.45. The maximum absolute atomic E-state index is 13.2. The predicted octanol–water partition coefficient (Wildman–Crippen LogP) is 2.57. The van der Waals surface area contributed by atoms with Crippen LogP contribution in [0.25, 0.3) is 0 Å². The summed E-state index contributed by atoms with van der Waals surface area (Å²) < 4.78 is 13.2. The Labute approximate surface area is 114 Å². The van der Waals surface area contributed by atoms with E-state index in [1.807, 2.05) is 6.07 Å². The van der Waals surface area contributed by atoms with Gasteiger partial charge < -0.3 is 5.73 Å². The molecule has 104 valence electrons. The van der Waals surface area contributed by atoms with E-state index < -0.39 is 0 Å². The van der Waals surface area contributed by atoms with Gasteiger partial charge >= 0.3 is 0 Å². The second-order valence-corrected chi connectivity index (χ2v) is 6.23. The molecule has 2 atom stereocenters. The summed E-state index contributed by atoms with van der Waals surface area (Å²) in [5.74, 6) is 0.444. The highest BCUT2D eigenvalue weighted by Crippen LogP contribution is 2.30. The molecule has 0 aromatic heterocycles. The van der Waals surface area contributed by atoms with Gasteiger partial charge in [-0.2, -0.15) is 0 Å². The van der Waals surface area contributed by atoms with E-state index in [0.717, 1.165) is 37.5 Å². The summed E-state index contributed by atoms with van der Waals surface area (Å²) in [5.41, 5.74) is 7.30. The number of nitrogens with zero attached hydrogens (tertiary/aromatic N) is 1. The Morgan fingerprint density at radius 3 is 2.79 bits per heavy atom. The van der Waals surface area contributed by atoms with E-state index in [2.05, 4.69) is 4.90 Å². The summed E-state index contributed by atoms with van der Waals surface area (Å²) in [6, 6.07) is 8.05. The molecule has 1 aromatic carbocycles. The van der Waals surface area contributed by atoms with Gasteiger partial charge in [0.25, 0.3) is 0 Å². The molecule has 2 fully saturated rings. The van der Waals surface area contributed by atoms with Gasteiger partial charge in [0.1, 0.15) is 5.82 Å². The number of halogens is 1. The smallest absolute Gasteiger partial charge is 0.123 e. The minimum absolute atomic E-state index is 0.131. The van der Waals surface area contributed by atoms with Crippen LogP contribution < -0.4 is 5.73 Å². The molecule has 1 heterocycles. The van der Waals surface area contributed by atoms with Crippen LogP contribution in [-0.2, 0) is 6.42 Å². The van der Waals surface area contributed by atoms with Gasteiger partial charge in [0.15, 0.2) is 0 Å². The third kappa shape index (κ3) is 3.15. The third-order valence-electron chi connectivity index (χ3n) is 4.60. The fraction of sp³-hybridized carbons (Fsp3) is 0.625. The largest absolute Gasteiger partial charge is 0.327 e. The number of benzene rings is 1. The number of hydrogen-bond acceptors (Lipinski definition) is 2. The van der Waals surface area contributed by atoms with Gasteiger partial charge in [-0.1, -0.05) is 18.6 Å². The zero-order chi connectivity index (χ0) is 13.2. The number of likely N-dealkylation sites (tertiary alicyclic amines) is 1. The Morgan fingerprint density at radius 1 is 1.26 bits per heavy atom. The highest BCUT2D eigenvalue weighted by atomic mass is 19.1. The first kappa shape index (κ1) is 13.1. The fourth-order valence-corrected chi connectivity index (χ4v) is 3.48. The zero-order valence-corrected chi connectivity index (χ0v) is 11.4. The van der Waals surface area contributed by atoms with E-state index in [1.165, 1.54) is 25.3 Å². The van der Waals surface area contributed by atoms with Crippen molar-refractivity contribution in [2.45, 2.75) is 44.2 Å². The topological polar surface area (TPSA) is 29.3 Å². The van der Waals surface area contributed by atoms with Crippen LogP contribution in [0.5, 0.6) is 0 Å². The van der Waals surface area contributed by atoms with Gasteiger partial charge in [-0.15, -0.1) is 0 Å². The molecular weight excluding hydrogens is 239 g/mol. The van der Waals surface area contributed by atoms with E-state index >= 15 is 0 Å². The van der Waals surface area contributed by atoms with Crippen LogP contribution in [0.3, 0.4) is 0 Å². The SMILES string of the molecule is NC1CC(Cc2cccc(F)c2)CN(C2CCC2)C1. The molecule has 2 aliphatic rings. The Kier molecular flexibility index (Phi) is 3.85. The van der Waals surface area contributed by atoms with Gasteiger partial charge in [-0.3, -0.25) is 4.90 Å². The van der Waals surface area contributed by atoms with Gasteiger partial charge in [0.2, 0.25) is 0 Å². The molecule has 0 bridgehead atoms. The summed E-state index contributed by atoms with van der Waals surface area (Å²) in [4.78, 5) is 2.57. The highest BCUT2D eigenvalue weighted by Gasteiger charge is 2.32. The van der Waals surface area contributed by atoms with Gasteiger partial charge in [-0.25, -0.2) is 4.39 Å². The van der Waals surface area contributed by atoms with Crippen molar-refractivity contribution in [1.82, 2.24) is 4.90 Å². The fourth-order valence-electron chi connectivity index (χ4n) is 3.48. The molecule has 2 N–H and O–H groups in total. The van der Waals surface area contributed by atoms with Crippen molar-refractivity contribution in [3.05, 3.63) is 35.6 Å². The average Bonchev–Trinajstić information content (AvgIpc) is 2.25. The highest BCUT2D eigenvalue weighted by molar-refractivity contribution is 5.17. The Bertz CT molecular complexity index is 431. The number of hydrogen-bond donors (Lipinski definition) is 1. The van der Waals surface area contributed by atoms with Crippen molar-refractivity contribution in [2.75, 3.05) is 13.1 Å². The van der Waals surface area contributed by atoms with Gasteiger partial charge in [0.05, 0.1) is 0 Å². The maximum atomic E-state index is 13.2. The number of nitrogens with two attached hydrogens (primary N) is 1. The van der Waals surface area contributed by atoms with Crippen LogP contribution in [0, 0.1) is 11.7 Å². The average molecular weight is 262 g/mol. The second-order valence-electron chi connectivity index (χ2n) is 6.23. The zero-order valence-electron chi connectivity index (χ0n) is 11.4. The van der Waals surface area contributed by atoms with E-state index in [9.17, 15) is 4.39 Å². The summed E-state index contributed by atoms with van der Waals surface area (Å²) in [6.07, 6.45) is 6.05. The molecule has 1 aliphatic heterocycles. The maximum Gasteiger partial charge on any atom is 0.123 e. The summed E-state index contributed by atoms with van der Waals surface area (Å²) in [7, 11) is 0. The standard InChI is InChI=1S/C16H23FN2/c17-14-4-1-3-12(8-14)7-13-9-15(18)11-19(10-13)16-5-2-6-16/h1,3-4,8,13,15-16H,2,5-7,9-11,18H2. The molecule has 3 rings (SSSR count). The molecule has 0 radical (unpaired) electrons. The van der Waals surface area contributed by atoms with Crippen LogP contribution in [0.4, 0.5) is 4.39 Å². The van der Waals surface area contributed by atoms with Crippen LogP contribution in [0.15, 0.2) is 24.3 Å². The van der Waals surface area contributed by atoms with Crippen LogP contribution in [0.1, 0.15) is 31.2 Å². The van der Waals surface area contributed by atoms with Crippen LogP contribution in [0.2, 0.25) is 0 Å². The molecule has 1 saturated carbocycles. The lowest BCUT2D eigenvalue weighted by atomic mass is 9.84. The quantitative estimate of drug-likeness (QED) is 0.907. The van der Waals surface area contributed by atoms with Crippen molar-refractivity contribution in [3.63, 3.8) is 0 Å². The molecule has 0 amide bonds. The van der Waals surface area contributed by atoms with E-state index in [1.54, 1.807) is 12.1 Å². The molecule has 1 saturated heterocycles. The lowest BCUT2D eigenvalue weighted by Crippen LogP contribution is -2.53. The summed E-state index contributed by atoms with van der Waals surface area (Å²) in [5, 5.41) is 0. The van der Waals surface area contributed by atoms with Crippen molar-refractivity contribution in [2.24, 2.45) is 11.7 Å². The lowest BCUT2D eigenvalue weighted by Gasteiger charge is -2.44. The first-order valence-electron chi connectivity index (χ1n) is 7.45. The van der Waals surface area contributed by atoms with Crippen molar-refractivity contribution >= 4 is 0 Å². The van der Waals surface area contributed by atoms with Crippen molar-refractivity contribution in [1.29, 1.82) is 0 Å². The van der Waals surface area contributed by atoms with Crippen molar-refractivity contribution < 1.29 is 4.39 Å². The van der Waals surface area contributed by atoms with E-state index in [-0.39, 0.29) is 11.9 Å². The van der Waals surface area contributed by atoms with Crippen LogP contribution >= 0.6 is 0 Å². The molecule has 3 heteroatoms. The minimum Gasteiger partial charge on any atom is -0.327 e. The molecule has 2 nitrogen and oxygen atoms in total. The number of piperidine rings is 1. The van der Waals surface area contributed by atoms with Crippen molar-refractivity contribution in [3.8, 4) is 0 Å². The molecule has 19 heavy (non-hydrogen) atoms. The summed E-state index contributed by atoms with van der Waals surface area (Å²) in [6.45, 7) is 2.18. The van der Waals surface area contributed by atoms with E-state index in [0.29, 0.717) is 5.92 Å². The molecular formula is C16H23FN2. The van der Waals surface area contributed by atoms with E-state index in [4.69, 9.17) is 5.73 Å². The monoisotopic (exact) mass is 262 g/mol. The second kappa shape index (κ2) is 5.59. The normalized spacial score (nSPS) is 29.2. The summed E-state index contributed by atoms with van der Waals surface area (Å²) >= 11 is 0. The molecule has 1 aromatic rings. The Hall–Kier alpha value is -0.930. The first-order chi connectivity index (χ1) is 9.20. The van der Waals surface area contributed by atoms with Crippen LogP contribution in [-0.4, -0.2) is 30.1 Å². The van der Waals surface area contributed by atoms with Gasteiger partial charge in [-0.05, 0) is 49.3 Å².